The van der Waals surface area contributed by atoms with Gasteiger partial charge in [-0.2, -0.15) is 0 Å². The topological polar surface area (TPSA) is 47.8 Å². The number of benzene rings is 1. The zero-order chi connectivity index (χ0) is 19.2. The first kappa shape index (κ1) is 20.3. The molecule has 2 aromatic rings. The minimum Gasteiger partial charge on any atom is -0.295 e. The predicted octanol–water partition coefficient (Wildman–Crippen LogP) is 5.71. The van der Waals surface area contributed by atoms with Gasteiger partial charge in [-0.25, -0.2) is 4.68 Å². The second-order valence-corrected chi connectivity index (χ2v) is 8.43. The van der Waals surface area contributed by atoms with Crippen LogP contribution in [0.4, 0.5) is 0 Å². The number of allylic oxidation sites excluding steroid dienone is 1. The number of halogens is 2. The van der Waals surface area contributed by atoms with Gasteiger partial charge in [-0.05, 0) is 56.0 Å². The van der Waals surface area contributed by atoms with Crippen LogP contribution < -0.4 is 0 Å². The van der Waals surface area contributed by atoms with E-state index in [1.165, 1.54) is 24.8 Å². The highest BCUT2D eigenvalue weighted by Gasteiger charge is 2.24. The molecule has 3 rings (SSSR count). The van der Waals surface area contributed by atoms with Crippen molar-refractivity contribution in [3.05, 3.63) is 51.8 Å². The molecular formula is C21H25BrClN3O. The molecule has 1 fully saturated rings. The second kappa shape index (κ2) is 9.65. The summed E-state index contributed by atoms with van der Waals surface area (Å²) in [6.07, 6.45) is 10.1. The molecule has 144 valence electrons. The number of carbonyl (C=O) groups is 1. The lowest BCUT2D eigenvalue weighted by molar-refractivity contribution is -0.112. The van der Waals surface area contributed by atoms with Crippen molar-refractivity contribution in [1.82, 2.24) is 15.0 Å². The minimum atomic E-state index is 0.00923. The Bertz CT molecular complexity index is 794. The lowest BCUT2D eigenvalue weighted by Gasteiger charge is -2.24. The zero-order valence-electron chi connectivity index (χ0n) is 15.6. The lowest BCUT2D eigenvalue weighted by atomic mass is 9.93. The second-order valence-electron chi connectivity index (χ2n) is 7.21. The van der Waals surface area contributed by atoms with Crippen LogP contribution in [0.25, 0.3) is 6.08 Å². The number of alkyl halides is 1. The van der Waals surface area contributed by atoms with Crippen LogP contribution in [0.5, 0.6) is 0 Å². The van der Waals surface area contributed by atoms with Crippen molar-refractivity contribution in [2.45, 2.75) is 57.4 Å². The van der Waals surface area contributed by atoms with Crippen LogP contribution >= 0.6 is 27.5 Å². The molecule has 0 bridgehead atoms. The number of hydrogen-bond acceptors (Lipinski definition) is 3. The molecule has 1 aliphatic rings. The Kier molecular flexibility index (Phi) is 7.25. The minimum absolute atomic E-state index is 0.00923. The monoisotopic (exact) mass is 449 g/mol. The lowest BCUT2D eigenvalue weighted by Crippen LogP contribution is -2.19. The van der Waals surface area contributed by atoms with Gasteiger partial charge in [0.2, 0.25) is 0 Å². The molecule has 1 aromatic carbocycles. The first-order chi connectivity index (χ1) is 13.1. The summed E-state index contributed by atoms with van der Waals surface area (Å²) in [5.74, 6) is 0.702. The molecule has 1 aliphatic carbocycles. The molecule has 1 heterocycles. The molecule has 27 heavy (non-hydrogen) atoms. The molecule has 1 saturated carbocycles. The number of ketones is 1. The molecule has 4 nitrogen and oxygen atoms in total. The van der Waals surface area contributed by atoms with Crippen LogP contribution in [0, 0.1) is 0 Å². The summed E-state index contributed by atoms with van der Waals surface area (Å²) < 4.78 is 3.15. The van der Waals surface area contributed by atoms with E-state index in [9.17, 15) is 4.79 Å². The molecule has 1 aromatic heterocycles. The average Bonchev–Trinajstić information content (AvgIpc) is 3.08. The normalized spacial score (nSPS) is 16.7. The van der Waals surface area contributed by atoms with Gasteiger partial charge >= 0.3 is 0 Å². The van der Waals surface area contributed by atoms with Crippen molar-refractivity contribution in [2.24, 2.45) is 0 Å². The maximum Gasteiger partial charge on any atom is 0.152 e. The van der Waals surface area contributed by atoms with Gasteiger partial charge in [-0.1, -0.05) is 52.5 Å². The molecule has 1 unspecified atom stereocenters. The Hall–Kier alpha value is -1.46. The molecule has 0 saturated heterocycles. The summed E-state index contributed by atoms with van der Waals surface area (Å²) in [4.78, 5) is 11.4. The van der Waals surface area contributed by atoms with Gasteiger partial charge in [0.15, 0.2) is 5.78 Å². The van der Waals surface area contributed by atoms with Crippen molar-refractivity contribution in [2.75, 3.05) is 5.88 Å². The third-order valence-electron chi connectivity index (χ3n) is 5.18. The van der Waals surface area contributed by atoms with Crippen LogP contribution in [0.3, 0.4) is 0 Å². The van der Waals surface area contributed by atoms with E-state index >= 15 is 0 Å². The Balaban J connectivity index is 1.93. The van der Waals surface area contributed by atoms with Crippen LogP contribution in [0.1, 0.15) is 67.9 Å². The highest BCUT2D eigenvalue weighted by Crippen LogP contribution is 2.32. The quantitative estimate of drug-likeness (QED) is 0.401. The number of hydrogen-bond donors (Lipinski definition) is 0. The fourth-order valence-electron chi connectivity index (χ4n) is 3.70. The Morgan fingerprint density at radius 1 is 1.30 bits per heavy atom. The smallest absolute Gasteiger partial charge is 0.152 e. The van der Waals surface area contributed by atoms with E-state index in [4.69, 9.17) is 11.6 Å². The molecule has 0 spiro atoms. The standard InChI is InChI=1S/C21H25BrClN3O/c1-15(27)7-12-20-21(26(25-24-20)19-5-3-2-4-6-19)13-17(14-23)16-8-10-18(22)11-9-16/h7-12,17,19H,2-6,13-14H2,1H3/b12-7+. The zero-order valence-corrected chi connectivity index (χ0v) is 17.9. The molecule has 0 radical (unpaired) electrons. The van der Waals surface area contributed by atoms with Gasteiger partial charge in [-0.3, -0.25) is 4.79 Å². The summed E-state index contributed by atoms with van der Waals surface area (Å²) in [7, 11) is 0. The third-order valence-corrected chi connectivity index (χ3v) is 6.09. The first-order valence-electron chi connectivity index (χ1n) is 9.52. The summed E-state index contributed by atoms with van der Waals surface area (Å²) in [5.41, 5.74) is 3.06. The van der Waals surface area contributed by atoms with E-state index in [2.05, 4.69) is 43.1 Å². The fourth-order valence-corrected chi connectivity index (χ4v) is 4.25. The van der Waals surface area contributed by atoms with Gasteiger partial charge in [0, 0.05) is 16.3 Å². The van der Waals surface area contributed by atoms with E-state index < -0.39 is 0 Å². The van der Waals surface area contributed by atoms with E-state index in [0.717, 1.165) is 35.1 Å². The number of carbonyl (C=O) groups excluding carboxylic acids is 1. The van der Waals surface area contributed by atoms with E-state index in [1.54, 1.807) is 19.1 Å². The van der Waals surface area contributed by atoms with Crippen LogP contribution in [0.2, 0.25) is 0 Å². The van der Waals surface area contributed by atoms with Gasteiger partial charge < -0.3 is 0 Å². The molecule has 0 N–H and O–H groups in total. The number of rotatable bonds is 7. The van der Waals surface area contributed by atoms with Crippen LogP contribution in [0.15, 0.2) is 34.8 Å². The van der Waals surface area contributed by atoms with E-state index in [0.29, 0.717) is 11.9 Å². The largest absolute Gasteiger partial charge is 0.295 e. The average molecular weight is 451 g/mol. The van der Waals surface area contributed by atoms with Crippen LogP contribution in [-0.4, -0.2) is 26.7 Å². The van der Waals surface area contributed by atoms with Gasteiger partial charge in [0.1, 0.15) is 5.69 Å². The molecular weight excluding hydrogens is 426 g/mol. The SMILES string of the molecule is CC(=O)/C=C/c1nnn(C2CCCCC2)c1CC(CCl)c1ccc(Br)cc1. The fraction of sp³-hybridized carbons (Fsp3) is 0.476. The maximum atomic E-state index is 11.4. The van der Waals surface area contributed by atoms with Crippen molar-refractivity contribution < 1.29 is 4.79 Å². The van der Waals surface area contributed by atoms with Crippen molar-refractivity contribution in [1.29, 1.82) is 0 Å². The highest BCUT2D eigenvalue weighted by atomic mass is 79.9. The van der Waals surface area contributed by atoms with Crippen LogP contribution in [-0.2, 0) is 11.2 Å². The Morgan fingerprint density at radius 2 is 2.00 bits per heavy atom. The van der Waals surface area contributed by atoms with Gasteiger partial charge in [0.25, 0.3) is 0 Å². The Morgan fingerprint density at radius 3 is 2.63 bits per heavy atom. The maximum absolute atomic E-state index is 11.4. The summed E-state index contributed by atoms with van der Waals surface area (Å²) in [6, 6.07) is 8.69. The van der Waals surface area contributed by atoms with Crippen molar-refractivity contribution in [3.63, 3.8) is 0 Å². The van der Waals surface area contributed by atoms with Crippen molar-refractivity contribution in [3.8, 4) is 0 Å². The Labute approximate surface area is 174 Å². The third kappa shape index (κ3) is 5.29. The number of nitrogens with zero attached hydrogens (tertiary/aromatic N) is 3. The van der Waals surface area contributed by atoms with Crippen molar-refractivity contribution >= 4 is 39.4 Å². The van der Waals surface area contributed by atoms with E-state index in [1.807, 2.05) is 12.1 Å². The van der Waals surface area contributed by atoms with E-state index in [-0.39, 0.29) is 11.7 Å². The molecule has 6 heteroatoms. The predicted molar refractivity (Wildman–Crippen MR) is 113 cm³/mol. The highest BCUT2D eigenvalue weighted by molar-refractivity contribution is 9.10. The van der Waals surface area contributed by atoms with Gasteiger partial charge in [0.05, 0.1) is 11.7 Å². The van der Waals surface area contributed by atoms with Gasteiger partial charge in [-0.15, -0.1) is 16.7 Å². The first-order valence-corrected chi connectivity index (χ1v) is 10.9. The summed E-state index contributed by atoms with van der Waals surface area (Å²) in [6.45, 7) is 1.55. The summed E-state index contributed by atoms with van der Waals surface area (Å²) >= 11 is 9.83. The number of aromatic nitrogens is 3. The summed E-state index contributed by atoms with van der Waals surface area (Å²) in [5, 5.41) is 8.85. The molecule has 1 atom stereocenters. The molecule has 0 aliphatic heterocycles. The molecule has 0 amide bonds.